The molecule has 4 aromatic heterocycles. The molecule has 42 heavy (non-hydrogen) atoms. The van der Waals surface area contributed by atoms with Crippen LogP contribution in [0.25, 0.3) is 28.2 Å². The quantitative estimate of drug-likeness (QED) is 0.282. The number of aryl methyl sites for hydroxylation is 1. The number of carbonyl (C=O) groups excluding carboxylic acids is 1. The number of halogens is 2. The molecule has 6 rings (SSSR count). The number of imidazole rings is 1. The summed E-state index contributed by atoms with van der Waals surface area (Å²) in [4.78, 5) is 25.2. The zero-order valence-electron chi connectivity index (χ0n) is 23.2. The minimum atomic E-state index is -0.746. The van der Waals surface area contributed by atoms with Gasteiger partial charge in [0.05, 0.1) is 24.1 Å². The van der Waals surface area contributed by atoms with E-state index in [0.29, 0.717) is 23.6 Å². The van der Waals surface area contributed by atoms with E-state index in [2.05, 4.69) is 25.1 Å². The minimum absolute atomic E-state index is 0.125. The topological polar surface area (TPSA) is 106 Å². The van der Waals surface area contributed by atoms with E-state index in [0.717, 1.165) is 55.7 Å². The fraction of sp³-hybridized carbons (Fsp3) is 0.276. The number of carbonyl (C=O) groups is 1. The molecule has 0 atom stereocenters. The molecule has 1 aliphatic rings. The van der Waals surface area contributed by atoms with Crippen LogP contribution in [0, 0.1) is 11.8 Å². The molecule has 0 radical (unpaired) electrons. The number of hydrogen-bond donors (Lipinski definition) is 1. The molecule has 1 fully saturated rings. The van der Waals surface area contributed by atoms with E-state index in [-0.39, 0.29) is 17.2 Å². The number of methoxy groups -OCH3 is 1. The third kappa shape index (κ3) is 5.56. The van der Waals surface area contributed by atoms with Gasteiger partial charge in [-0.25, -0.2) is 18.9 Å². The largest absolute Gasteiger partial charge is 0.383 e. The number of benzene rings is 1. The van der Waals surface area contributed by atoms with Crippen molar-refractivity contribution >= 4 is 23.2 Å². The molecule has 1 saturated heterocycles. The molecule has 13 heteroatoms. The Kier molecular flexibility index (Phi) is 7.59. The first-order valence-corrected chi connectivity index (χ1v) is 13.5. The van der Waals surface area contributed by atoms with Crippen molar-refractivity contribution in [3.63, 3.8) is 0 Å². The van der Waals surface area contributed by atoms with Gasteiger partial charge in [0.15, 0.2) is 11.5 Å². The maximum atomic E-state index is 13.8. The molecule has 11 nitrogen and oxygen atoms in total. The van der Waals surface area contributed by atoms with Gasteiger partial charge in [-0.1, -0.05) is 0 Å². The Morgan fingerprint density at radius 3 is 2.55 bits per heavy atom. The van der Waals surface area contributed by atoms with Crippen molar-refractivity contribution in [2.75, 3.05) is 56.7 Å². The predicted molar refractivity (Wildman–Crippen MR) is 153 cm³/mol. The molecule has 1 N–H and O–H groups in total. The number of hydrogen-bond acceptors (Lipinski definition) is 8. The van der Waals surface area contributed by atoms with E-state index in [1.54, 1.807) is 36.0 Å². The lowest BCUT2D eigenvalue weighted by molar-refractivity contribution is 0.102. The van der Waals surface area contributed by atoms with Crippen molar-refractivity contribution in [3.8, 4) is 22.5 Å². The van der Waals surface area contributed by atoms with Crippen LogP contribution in [0.2, 0.25) is 0 Å². The number of anilines is 2. The highest BCUT2D eigenvalue weighted by molar-refractivity contribution is 6.03. The van der Waals surface area contributed by atoms with Crippen LogP contribution in [0.1, 0.15) is 10.4 Å². The normalized spacial score (nSPS) is 14.0. The van der Waals surface area contributed by atoms with Gasteiger partial charge >= 0.3 is 0 Å². The zero-order chi connectivity index (χ0) is 29.2. The summed E-state index contributed by atoms with van der Waals surface area (Å²) in [5.41, 5.74) is 3.52. The fourth-order valence-electron chi connectivity index (χ4n) is 5.14. The van der Waals surface area contributed by atoms with Gasteiger partial charge in [-0.05, 0) is 42.5 Å². The Morgan fingerprint density at radius 2 is 1.81 bits per heavy atom. The van der Waals surface area contributed by atoms with E-state index < -0.39 is 11.9 Å². The van der Waals surface area contributed by atoms with Crippen molar-refractivity contribution in [3.05, 3.63) is 78.3 Å². The first-order chi connectivity index (χ1) is 20.4. The molecule has 1 aromatic carbocycles. The third-order valence-corrected chi connectivity index (χ3v) is 7.22. The van der Waals surface area contributed by atoms with Gasteiger partial charge in [-0.15, -0.1) is 0 Å². The summed E-state index contributed by atoms with van der Waals surface area (Å²) in [6.45, 7) is 4.88. The summed E-state index contributed by atoms with van der Waals surface area (Å²) in [5.74, 6) is -0.423. The first-order valence-electron chi connectivity index (χ1n) is 13.5. The van der Waals surface area contributed by atoms with Crippen LogP contribution in [-0.4, -0.2) is 86.6 Å². The Labute approximate surface area is 240 Å². The average Bonchev–Trinajstić information content (AvgIpc) is 3.56. The lowest BCUT2D eigenvalue weighted by atomic mass is 10.0. The summed E-state index contributed by atoms with van der Waals surface area (Å²) in [6.07, 6.45) is 2.82. The van der Waals surface area contributed by atoms with E-state index in [1.165, 1.54) is 24.4 Å². The molecule has 1 amide bonds. The van der Waals surface area contributed by atoms with Crippen molar-refractivity contribution in [2.24, 2.45) is 7.05 Å². The molecule has 216 valence electrons. The van der Waals surface area contributed by atoms with Crippen molar-refractivity contribution in [1.29, 1.82) is 0 Å². The standard InChI is InChI=1S/C29H29F2N9O2/c1-37-29(39-13-11-38(12-14-39)15-16-42-2)26(27(36-37)19-3-5-21(30)6-4-19)22-7-8-25-33-24(18-40(25)35-22)34-28(41)20-9-10-32-23(31)17-20/h3-10,17-18H,11-16H2,1-2H3,(H,34,41). The van der Waals surface area contributed by atoms with Crippen LogP contribution in [0.3, 0.4) is 0 Å². The van der Waals surface area contributed by atoms with Gasteiger partial charge in [0, 0.05) is 70.3 Å². The average molecular weight is 574 g/mol. The number of ether oxygens (including phenoxy) is 1. The molecule has 0 bridgehead atoms. The second-order valence-corrected chi connectivity index (χ2v) is 9.97. The number of rotatable bonds is 8. The fourth-order valence-corrected chi connectivity index (χ4v) is 5.14. The monoisotopic (exact) mass is 573 g/mol. The van der Waals surface area contributed by atoms with Crippen molar-refractivity contribution in [1.82, 2.24) is 34.3 Å². The minimum Gasteiger partial charge on any atom is -0.383 e. The summed E-state index contributed by atoms with van der Waals surface area (Å²) >= 11 is 0. The smallest absolute Gasteiger partial charge is 0.257 e. The van der Waals surface area contributed by atoms with E-state index in [9.17, 15) is 13.6 Å². The summed E-state index contributed by atoms with van der Waals surface area (Å²) in [7, 11) is 3.60. The third-order valence-electron chi connectivity index (χ3n) is 7.22. The van der Waals surface area contributed by atoms with Gasteiger partial charge in [-0.2, -0.15) is 14.6 Å². The highest BCUT2D eigenvalue weighted by atomic mass is 19.1. The van der Waals surface area contributed by atoms with Crippen LogP contribution in [0.15, 0.2) is 60.9 Å². The summed E-state index contributed by atoms with van der Waals surface area (Å²) in [5, 5.41) is 12.4. The molecular weight excluding hydrogens is 544 g/mol. The van der Waals surface area contributed by atoms with Crippen molar-refractivity contribution in [2.45, 2.75) is 0 Å². The molecule has 0 spiro atoms. The molecule has 0 aliphatic carbocycles. The van der Waals surface area contributed by atoms with Crippen molar-refractivity contribution < 1.29 is 18.3 Å². The SMILES string of the molecule is COCCN1CCN(c2c(-c3ccc4nc(NC(=O)c5ccnc(F)c5)cn4n3)c(-c3ccc(F)cc3)nn2C)CC1. The second kappa shape index (κ2) is 11.6. The second-order valence-electron chi connectivity index (χ2n) is 9.97. The lowest BCUT2D eigenvalue weighted by Crippen LogP contribution is -2.48. The summed E-state index contributed by atoms with van der Waals surface area (Å²) in [6, 6.07) is 12.4. The van der Waals surface area contributed by atoms with E-state index in [1.807, 2.05) is 17.8 Å². The van der Waals surface area contributed by atoms with E-state index >= 15 is 0 Å². The number of nitrogens with zero attached hydrogens (tertiary/aromatic N) is 8. The van der Waals surface area contributed by atoms with Crippen LogP contribution in [0.5, 0.6) is 0 Å². The Hall–Kier alpha value is -4.75. The maximum Gasteiger partial charge on any atom is 0.257 e. The first kappa shape index (κ1) is 27.4. The highest BCUT2D eigenvalue weighted by Crippen LogP contribution is 2.39. The molecule has 5 aromatic rings. The molecule has 5 heterocycles. The van der Waals surface area contributed by atoms with E-state index in [4.69, 9.17) is 14.9 Å². The number of piperazine rings is 1. The van der Waals surface area contributed by atoms with Gasteiger partial charge in [-0.3, -0.25) is 14.4 Å². The maximum absolute atomic E-state index is 13.8. The molecular formula is C29H29F2N9O2. The Morgan fingerprint density at radius 1 is 1.02 bits per heavy atom. The van der Waals surface area contributed by atoms with Gasteiger partial charge in [0.1, 0.15) is 17.3 Å². The van der Waals surface area contributed by atoms with Crippen LogP contribution in [-0.2, 0) is 11.8 Å². The molecule has 0 saturated carbocycles. The lowest BCUT2D eigenvalue weighted by Gasteiger charge is -2.36. The Balaban J connectivity index is 1.36. The molecule has 1 aliphatic heterocycles. The predicted octanol–water partition coefficient (Wildman–Crippen LogP) is 3.49. The number of nitrogens with one attached hydrogen (secondary N) is 1. The zero-order valence-corrected chi connectivity index (χ0v) is 23.2. The number of pyridine rings is 1. The number of aromatic nitrogens is 6. The molecule has 0 unspecified atom stereocenters. The van der Waals surface area contributed by atoms with Gasteiger partial charge in [0.25, 0.3) is 5.91 Å². The summed E-state index contributed by atoms with van der Waals surface area (Å²) < 4.78 is 36.0. The van der Waals surface area contributed by atoms with Gasteiger partial charge in [0.2, 0.25) is 5.95 Å². The van der Waals surface area contributed by atoms with Crippen LogP contribution >= 0.6 is 0 Å². The highest BCUT2D eigenvalue weighted by Gasteiger charge is 2.27. The van der Waals surface area contributed by atoms with Crippen LogP contribution in [0.4, 0.5) is 20.4 Å². The van der Waals surface area contributed by atoms with Crippen LogP contribution < -0.4 is 10.2 Å². The Bertz CT molecular complexity index is 1730. The number of fused-ring (bicyclic) bond motifs is 1. The number of amides is 1. The van der Waals surface area contributed by atoms with Gasteiger partial charge < -0.3 is 15.0 Å².